The van der Waals surface area contributed by atoms with Gasteiger partial charge in [-0.15, -0.1) is 0 Å². The summed E-state index contributed by atoms with van der Waals surface area (Å²) < 4.78 is 26.6. The van der Waals surface area contributed by atoms with Crippen molar-refractivity contribution in [2.24, 2.45) is 0 Å². The maximum Gasteiger partial charge on any atom is 0.305 e. The summed E-state index contributed by atoms with van der Waals surface area (Å²) in [5.41, 5.74) is -0.544. The van der Waals surface area contributed by atoms with E-state index in [2.05, 4.69) is 5.32 Å². The lowest BCUT2D eigenvalue weighted by Gasteiger charge is -2.28. The lowest BCUT2D eigenvalue weighted by Crippen LogP contribution is -2.47. The van der Waals surface area contributed by atoms with Crippen LogP contribution < -0.4 is 5.32 Å². The van der Waals surface area contributed by atoms with Crippen molar-refractivity contribution in [1.82, 2.24) is 5.32 Å². The van der Waals surface area contributed by atoms with Gasteiger partial charge in [0.1, 0.15) is 11.6 Å². The molecule has 1 saturated carbocycles. The Morgan fingerprint density at radius 2 is 1.91 bits per heavy atom. The summed E-state index contributed by atoms with van der Waals surface area (Å²) in [5.74, 6) is -2.37. The zero-order chi connectivity index (χ0) is 16.2. The Bertz CT molecular complexity index is 569. The van der Waals surface area contributed by atoms with E-state index in [0.29, 0.717) is 12.8 Å². The zero-order valence-corrected chi connectivity index (χ0v) is 12.2. The van der Waals surface area contributed by atoms with Gasteiger partial charge in [0, 0.05) is 6.42 Å². The number of benzene rings is 1. The maximum atomic E-state index is 13.5. The van der Waals surface area contributed by atoms with Crippen LogP contribution in [0.2, 0.25) is 0 Å². The number of nitrogens with one attached hydrogen (secondary N) is 1. The molecule has 2 rings (SSSR count). The van der Waals surface area contributed by atoms with Gasteiger partial charge in [0.25, 0.3) is 0 Å². The third-order valence-electron chi connectivity index (χ3n) is 4.08. The molecule has 0 unspecified atom stereocenters. The van der Waals surface area contributed by atoms with E-state index in [1.807, 2.05) is 0 Å². The predicted molar refractivity (Wildman–Crippen MR) is 76.3 cm³/mol. The van der Waals surface area contributed by atoms with Gasteiger partial charge >= 0.3 is 5.97 Å². The number of aryl methyl sites for hydroxylation is 1. The molecule has 0 aliphatic heterocycles. The number of carbonyl (C=O) groups excluding carboxylic acids is 1. The molecular weight excluding hydrogens is 292 g/mol. The average molecular weight is 311 g/mol. The van der Waals surface area contributed by atoms with E-state index in [4.69, 9.17) is 5.11 Å². The Labute approximate surface area is 127 Å². The van der Waals surface area contributed by atoms with Crippen molar-refractivity contribution in [2.45, 2.75) is 50.5 Å². The Morgan fingerprint density at radius 1 is 1.23 bits per heavy atom. The molecule has 1 aliphatic carbocycles. The number of carbonyl (C=O) groups is 2. The molecule has 0 spiro atoms. The van der Waals surface area contributed by atoms with Crippen molar-refractivity contribution in [3.05, 3.63) is 35.4 Å². The molecule has 1 amide bonds. The molecule has 0 saturated heterocycles. The topological polar surface area (TPSA) is 66.4 Å². The van der Waals surface area contributed by atoms with Crippen molar-refractivity contribution in [3.63, 3.8) is 0 Å². The molecule has 0 radical (unpaired) electrons. The first-order valence-electron chi connectivity index (χ1n) is 7.37. The van der Waals surface area contributed by atoms with Gasteiger partial charge in [-0.1, -0.05) is 12.8 Å². The molecule has 1 aliphatic rings. The maximum absolute atomic E-state index is 13.5. The summed E-state index contributed by atoms with van der Waals surface area (Å²) in [6, 6.07) is 3.13. The van der Waals surface area contributed by atoms with Crippen LogP contribution in [0, 0.1) is 11.6 Å². The number of amides is 1. The van der Waals surface area contributed by atoms with Gasteiger partial charge < -0.3 is 10.4 Å². The van der Waals surface area contributed by atoms with E-state index in [-0.39, 0.29) is 30.7 Å². The van der Waals surface area contributed by atoms with E-state index in [9.17, 15) is 18.4 Å². The van der Waals surface area contributed by atoms with Crippen LogP contribution in [-0.4, -0.2) is 22.5 Å². The molecule has 0 bridgehead atoms. The first-order valence-corrected chi connectivity index (χ1v) is 7.37. The van der Waals surface area contributed by atoms with E-state index >= 15 is 0 Å². The van der Waals surface area contributed by atoms with Crippen LogP contribution in [0.15, 0.2) is 18.2 Å². The first-order chi connectivity index (χ1) is 10.4. The largest absolute Gasteiger partial charge is 0.481 e. The SMILES string of the molecule is O=C(O)CC1(NC(=O)CCc2cc(F)ccc2F)CCCC1. The minimum absolute atomic E-state index is 0.00173. The second-order valence-electron chi connectivity index (χ2n) is 5.84. The first kappa shape index (κ1) is 16.4. The smallest absolute Gasteiger partial charge is 0.305 e. The van der Waals surface area contributed by atoms with Gasteiger partial charge in [0.05, 0.1) is 12.0 Å². The van der Waals surface area contributed by atoms with Crippen LogP contribution in [0.25, 0.3) is 0 Å². The van der Waals surface area contributed by atoms with Gasteiger partial charge in [-0.25, -0.2) is 8.78 Å². The summed E-state index contributed by atoms with van der Waals surface area (Å²) in [6.07, 6.45) is 3.02. The molecule has 2 N–H and O–H groups in total. The molecule has 22 heavy (non-hydrogen) atoms. The van der Waals surface area contributed by atoms with Crippen molar-refractivity contribution in [1.29, 1.82) is 0 Å². The summed E-state index contributed by atoms with van der Waals surface area (Å²) in [5, 5.41) is 11.8. The Balaban J connectivity index is 1.94. The molecule has 0 heterocycles. The molecule has 0 atom stereocenters. The van der Waals surface area contributed by atoms with Crippen LogP contribution in [0.5, 0.6) is 0 Å². The van der Waals surface area contributed by atoms with E-state index < -0.39 is 23.1 Å². The lowest BCUT2D eigenvalue weighted by molar-refractivity contribution is -0.139. The van der Waals surface area contributed by atoms with E-state index in [1.165, 1.54) is 0 Å². The van der Waals surface area contributed by atoms with Gasteiger partial charge in [0.2, 0.25) is 5.91 Å². The zero-order valence-electron chi connectivity index (χ0n) is 12.2. The van der Waals surface area contributed by atoms with Crippen LogP contribution >= 0.6 is 0 Å². The Hall–Kier alpha value is -1.98. The predicted octanol–water partition coefficient (Wildman–Crippen LogP) is 2.80. The van der Waals surface area contributed by atoms with Crippen LogP contribution in [0.1, 0.15) is 44.1 Å². The Kier molecular flexibility index (Phi) is 5.11. The second-order valence-corrected chi connectivity index (χ2v) is 5.84. The molecule has 4 nitrogen and oxygen atoms in total. The fraction of sp³-hybridized carbons (Fsp3) is 0.500. The van der Waals surface area contributed by atoms with Crippen molar-refractivity contribution >= 4 is 11.9 Å². The average Bonchev–Trinajstić information content (AvgIpc) is 2.87. The number of hydrogen-bond acceptors (Lipinski definition) is 2. The molecule has 120 valence electrons. The minimum Gasteiger partial charge on any atom is -0.481 e. The van der Waals surface area contributed by atoms with Gasteiger partial charge in [-0.2, -0.15) is 0 Å². The molecule has 1 fully saturated rings. The monoisotopic (exact) mass is 311 g/mol. The number of hydrogen-bond donors (Lipinski definition) is 2. The molecule has 6 heteroatoms. The van der Waals surface area contributed by atoms with E-state index in [1.54, 1.807) is 0 Å². The number of carboxylic acids is 1. The fourth-order valence-corrected chi connectivity index (χ4v) is 3.03. The quantitative estimate of drug-likeness (QED) is 0.849. The molecule has 1 aromatic rings. The highest BCUT2D eigenvalue weighted by molar-refractivity contribution is 5.78. The highest BCUT2D eigenvalue weighted by atomic mass is 19.1. The lowest BCUT2D eigenvalue weighted by atomic mass is 9.92. The van der Waals surface area contributed by atoms with Crippen molar-refractivity contribution < 1.29 is 23.5 Å². The van der Waals surface area contributed by atoms with Gasteiger partial charge in [-0.3, -0.25) is 9.59 Å². The molecule has 0 aromatic heterocycles. The Morgan fingerprint density at radius 3 is 2.55 bits per heavy atom. The number of halogens is 2. The van der Waals surface area contributed by atoms with Crippen LogP contribution in [-0.2, 0) is 16.0 Å². The minimum atomic E-state index is -0.946. The van der Waals surface area contributed by atoms with Crippen LogP contribution in [0.3, 0.4) is 0 Å². The normalized spacial score (nSPS) is 16.5. The summed E-state index contributed by atoms with van der Waals surface area (Å²) in [6.45, 7) is 0. The standard InChI is InChI=1S/C16H19F2NO3/c17-12-4-5-13(18)11(9-12)3-6-14(20)19-16(10-15(21)22)7-1-2-8-16/h4-5,9H,1-3,6-8,10H2,(H,19,20)(H,21,22). The fourth-order valence-electron chi connectivity index (χ4n) is 3.03. The number of carboxylic acid groups (broad SMARTS) is 1. The third-order valence-corrected chi connectivity index (χ3v) is 4.08. The summed E-state index contributed by atoms with van der Waals surface area (Å²) in [7, 11) is 0. The van der Waals surface area contributed by atoms with Crippen LogP contribution in [0.4, 0.5) is 8.78 Å². The highest BCUT2D eigenvalue weighted by Gasteiger charge is 2.37. The number of aliphatic carboxylic acids is 1. The summed E-state index contributed by atoms with van der Waals surface area (Å²) >= 11 is 0. The van der Waals surface area contributed by atoms with Crippen molar-refractivity contribution in [3.8, 4) is 0 Å². The van der Waals surface area contributed by atoms with Crippen molar-refractivity contribution in [2.75, 3.05) is 0 Å². The van der Waals surface area contributed by atoms with Gasteiger partial charge in [-0.05, 0) is 43.0 Å². The molecule has 1 aromatic carbocycles. The van der Waals surface area contributed by atoms with E-state index in [0.717, 1.165) is 31.0 Å². The second kappa shape index (κ2) is 6.85. The highest BCUT2D eigenvalue weighted by Crippen LogP contribution is 2.32. The molecular formula is C16H19F2NO3. The third kappa shape index (κ3) is 4.26. The summed E-state index contributed by atoms with van der Waals surface area (Å²) in [4.78, 5) is 23.0. The number of rotatable bonds is 6. The van der Waals surface area contributed by atoms with Gasteiger partial charge in [0.15, 0.2) is 0 Å².